The third-order valence-corrected chi connectivity index (χ3v) is 3.23. The Balaban J connectivity index is 2.41. The van der Waals surface area contributed by atoms with Crippen LogP contribution in [0.2, 0.25) is 0 Å². The number of nitrogens with one attached hydrogen (secondary N) is 1. The molecule has 0 saturated carbocycles. The Hall–Kier alpha value is -2.03. The lowest BCUT2D eigenvalue weighted by Gasteiger charge is -2.09. The summed E-state index contributed by atoms with van der Waals surface area (Å²) in [6, 6.07) is 6.20. The Morgan fingerprint density at radius 3 is 2.79 bits per heavy atom. The zero-order valence-electron chi connectivity index (χ0n) is 11.8. The number of H-pyrrole nitrogens is 1. The minimum Gasteiger partial charge on any atom is -0.444 e. The van der Waals surface area contributed by atoms with E-state index in [2.05, 4.69) is 41.8 Å². The van der Waals surface area contributed by atoms with Crippen LogP contribution in [0.5, 0.6) is 0 Å². The van der Waals surface area contributed by atoms with Gasteiger partial charge in [-0.3, -0.25) is 4.99 Å². The number of hydrogen-bond donors (Lipinski definition) is 1. The predicted octanol–water partition coefficient (Wildman–Crippen LogP) is 4.05. The molecule has 0 aliphatic carbocycles. The standard InChI is InChI=1S/C16H20N2O/c1-5-11(3)19-16(17-4)13-7-8-15-14(9-13)12(6-2)10-18-15/h7-10,18H,3,5-6H2,1-2,4H3. The van der Waals surface area contributed by atoms with Crippen LogP contribution in [0.1, 0.15) is 31.4 Å². The molecule has 0 saturated heterocycles. The molecule has 2 rings (SSSR count). The molecule has 0 unspecified atom stereocenters. The van der Waals surface area contributed by atoms with Crippen LogP contribution in [-0.4, -0.2) is 17.9 Å². The van der Waals surface area contributed by atoms with Crippen LogP contribution in [0, 0.1) is 0 Å². The summed E-state index contributed by atoms with van der Waals surface area (Å²) in [5, 5.41) is 1.23. The van der Waals surface area contributed by atoms with E-state index >= 15 is 0 Å². The molecule has 3 nitrogen and oxygen atoms in total. The fourth-order valence-electron chi connectivity index (χ4n) is 2.05. The molecule has 1 aromatic heterocycles. The maximum absolute atomic E-state index is 5.68. The zero-order chi connectivity index (χ0) is 13.8. The Bertz CT molecular complexity index is 623. The van der Waals surface area contributed by atoms with Gasteiger partial charge in [0.25, 0.3) is 0 Å². The van der Waals surface area contributed by atoms with Gasteiger partial charge in [0.2, 0.25) is 5.90 Å². The number of rotatable bonds is 4. The lowest BCUT2D eigenvalue weighted by molar-refractivity contribution is 0.402. The smallest absolute Gasteiger partial charge is 0.221 e. The van der Waals surface area contributed by atoms with E-state index in [1.54, 1.807) is 7.05 Å². The summed E-state index contributed by atoms with van der Waals surface area (Å²) in [6.07, 6.45) is 3.85. The molecule has 100 valence electrons. The molecule has 0 spiro atoms. The Morgan fingerprint density at radius 2 is 2.16 bits per heavy atom. The van der Waals surface area contributed by atoms with Crippen LogP contribution >= 0.6 is 0 Å². The minimum absolute atomic E-state index is 0.622. The largest absolute Gasteiger partial charge is 0.444 e. The number of benzene rings is 1. The van der Waals surface area contributed by atoms with Crippen LogP contribution in [0.25, 0.3) is 10.9 Å². The highest BCUT2D eigenvalue weighted by Gasteiger charge is 2.09. The minimum atomic E-state index is 0.622. The molecule has 0 fully saturated rings. The second-order valence-electron chi connectivity index (χ2n) is 4.45. The fraction of sp³-hybridized carbons (Fsp3) is 0.312. The number of fused-ring (bicyclic) bond motifs is 1. The van der Waals surface area contributed by atoms with E-state index < -0.39 is 0 Å². The highest BCUT2D eigenvalue weighted by Crippen LogP contribution is 2.21. The molecule has 3 heteroatoms. The Morgan fingerprint density at radius 1 is 1.37 bits per heavy atom. The SMILES string of the molecule is C=C(CC)OC(=NC)c1ccc2[nH]cc(CC)c2c1. The van der Waals surface area contributed by atoms with Crippen molar-refractivity contribution in [1.29, 1.82) is 0 Å². The van der Waals surface area contributed by atoms with E-state index in [9.17, 15) is 0 Å². The number of aromatic amines is 1. The van der Waals surface area contributed by atoms with Gasteiger partial charge in [-0.25, -0.2) is 0 Å². The number of hydrogen-bond acceptors (Lipinski definition) is 2. The number of nitrogens with zero attached hydrogens (tertiary/aromatic N) is 1. The monoisotopic (exact) mass is 256 g/mol. The molecule has 0 amide bonds. The van der Waals surface area contributed by atoms with Crippen molar-refractivity contribution in [2.75, 3.05) is 7.05 Å². The van der Waals surface area contributed by atoms with Gasteiger partial charge in [0.1, 0.15) is 0 Å². The lowest BCUT2D eigenvalue weighted by atomic mass is 10.1. The molecular weight excluding hydrogens is 236 g/mol. The number of aromatic nitrogens is 1. The molecule has 2 aromatic rings. The molecule has 0 radical (unpaired) electrons. The van der Waals surface area contributed by atoms with E-state index in [0.29, 0.717) is 5.90 Å². The van der Waals surface area contributed by atoms with Gasteiger partial charge in [0, 0.05) is 36.1 Å². The van der Waals surface area contributed by atoms with Gasteiger partial charge in [-0.1, -0.05) is 20.4 Å². The summed E-state index contributed by atoms with van der Waals surface area (Å²) in [5.41, 5.74) is 3.44. The zero-order valence-corrected chi connectivity index (χ0v) is 11.8. The average molecular weight is 256 g/mol. The summed E-state index contributed by atoms with van der Waals surface area (Å²) in [6.45, 7) is 8.03. The Labute approximate surface area is 114 Å². The van der Waals surface area contributed by atoms with E-state index in [1.807, 2.05) is 13.0 Å². The first-order chi connectivity index (χ1) is 9.19. The Kier molecular flexibility index (Phi) is 4.05. The van der Waals surface area contributed by atoms with Crippen molar-refractivity contribution in [2.45, 2.75) is 26.7 Å². The van der Waals surface area contributed by atoms with Gasteiger partial charge in [-0.15, -0.1) is 0 Å². The van der Waals surface area contributed by atoms with Crippen molar-refractivity contribution < 1.29 is 4.74 Å². The molecule has 19 heavy (non-hydrogen) atoms. The van der Waals surface area contributed by atoms with Crippen LogP contribution in [0.3, 0.4) is 0 Å². The fourth-order valence-corrected chi connectivity index (χ4v) is 2.05. The molecule has 1 N–H and O–H groups in total. The summed E-state index contributed by atoms with van der Waals surface area (Å²) in [7, 11) is 1.74. The summed E-state index contributed by atoms with van der Waals surface area (Å²) in [5.74, 6) is 1.35. The maximum Gasteiger partial charge on any atom is 0.221 e. The van der Waals surface area contributed by atoms with E-state index in [-0.39, 0.29) is 0 Å². The third kappa shape index (κ3) is 2.70. The molecular formula is C16H20N2O. The maximum atomic E-state index is 5.68. The van der Waals surface area contributed by atoms with Crippen molar-refractivity contribution >= 4 is 16.8 Å². The van der Waals surface area contributed by atoms with Crippen molar-refractivity contribution in [3.63, 3.8) is 0 Å². The van der Waals surface area contributed by atoms with Crippen molar-refractivity contribution in [1.82, 2.24) is 4.98 Å². The topological polar surface area (TPSA) is 37.4 Å². The average Bonchev–Trinajstić information content (AvgIpc) is 2.86. The van der Waals surface area contributed by atoms with Crippen molar-refractivity contribution in [3.05, 3.63) is 47.9 Å². The number of allylic oxidation sites excluding steroid dienone is 1. The highest BCUT2D eigenvalue weighted by molar-refractivity contribution is 5.99. The number of aryl methyl sites for hydroxylation is 1. The predicted molar refractivity (Wildman–Crippen MR) is 80.7 cm³/mol. The molecule has 1 heterocycles. The van der Waals surface area contributed by atoms with Crippen molar-refractivity contribution in [3.8, 4) is 0 Å². The van der Waals surface area contributed by atoms with E-state index in [0.717, 1.165) is 29.7 Å². The second kappa shape index (κ2) is 5.74. The summed E-state index contributed by atoms with van der Waals surface area (Å²) in [4.78, 5) is 7.49. The first-order valence-electron chi connectivity index (χ1n) is 6.62. The normalized spacial score (nSPS) is 11.8. The first-order valence-corrected chi connectivity index (χ1v) is 6.62. The van der Waals surface area contributed by atoms with Gasteiger partial charge in [0.15, 0.2) is 0 Å². The molecule has 0 atom stereocenters. The highest BCUT2D eigenvalue weighted by atomic mass is 16.5. The second-order valence-corrected chi connectivity index (χ2v) is 4.45. The summed E-state index contributed by atoms with van der Waals surface area (Å²) < 4.78 is 5.68. The number of aliphatic imine (C=N–C) groups is 1. The quantitative estimate of drug-likeness (QED) is 0.500. The third-order valence-electron chi connectivity index (χ3n) is 3.23. The van der Waals surface area contributed by atoms with Crippen LogP contribution in [0.4, 0.5) is 0 Å². The van der Waals surface area contributed by atoms with Gasteiger partial charge in [-0.05, 0) is 30.2 Å². The van der Waals surface area contributed by atoms with Gasteiger partial charge < -0.3 is 9.72 Å². The molecule has 0 aliphatic rings. The van der Waals surface area contributed by atoms with E-state index in [1.165, 1.54) is 10.9 Å². The number of ether oxygens (including phenoxy) is 1. The van der Waals surface area contributed by atoms with Crippen LogP contribution < -0.4 is 0 Å². The van der Waals surface area contributed by atoms with Crippen LogP contribution in [-0.2, 0) is 11.2 Å². The van der Waals surface area contributed by atoms with Crippen LogP contribution in [0.15, 0.2) is 41.7 Å². The van der Waals surface area contributed by atoms with E-state index in [4.69, 9.17) is 4.74 Å². The molecule has 1 aromatic carbocycles. The lowest BCUT2D eigenvalue weighted by Crippen LogP contribution is -2.06. The van der Waals surface area contributed by atoms with Gasteiger partial charge in [-0.2, -0.15) is 0 Å². The first kappa shape index (κ1) is 13.4. The van der Waals surface area contributed by atoms with Gasteiger partial charge in [0.05, 0.1) is 5.76 Å². The molecule has 0 bridgehead atoms. The summed E-state index contributed by atoms with van der Waals surface area (Å²) >= 11 is 0. The molecule has 0 aliphatic heterocycles. The van der Waals surface area contributed by atoms with Crippen molar-refractivity contribution in [2.24, 2.45) is 4.99 Å². The van der Waals surface area contributed by atoms with Gasteiger partial charge >= 0.3 is 0 Å².